The maximum atomic E-state index is 13.5. The fourth-order valence-electron chi connectivity index (χ4n) is 5.06. The summed E-state index contributed by atoms with van der Waals surface area (Å²) in [7, 11) is -3.15. The van der Waals surface area contributed by atoms with Crippen molar-refractivity contribution in [3.8, 4) is 0 Å². The van der Waals surface area contributed by atoms with Gasteiger partial charge in [0, 0.05) is 32.0 Å². The first kappa shape index (κ1) is 33.3. The van der Waals surface area contributed by atoms with Crippen LogP contribution in [0.15, 0.2) is 0 Å². The van der Waals surface area contributed by atoms with Gasteiger partial charge in [-0.3, -0.25) is 19.8 Å². The lowest BCUT2D eigenvalue weighted by molar-refractivity contribution is -0.154. The molecule has 2 rings (SSSR count). The van der Waals surface area contributed by atoms with Gasteiger partial charge in [-0.1, -0.05) is 13.8 Å². The fraction of sp³-hybridized carbons (Fsp3) is 0.783. The highest BCUT2D eigenvalue weighted by molar-refractivity contribution is 7.66. The minimum atomic E-state index is -3.15. The average Bonchev–Trinajstić information content (AvgIpc) is 3.54. The molecule has 0 aromatic carbocycles. The Morgan fingerprint density at radius 1 is 1.13 bits per heavy atom. The Balaban J connectivity index is 0.000000508. The van der Waals surface area contributed by atoms with Crippen molar-refractivity contribution in [1.82, 2.24) is 15.1 Å². The van der Waals surface area contributed by atoms with Crippen LogP contribution < -0.4 is 22.5 Å². The Morgan fingerprint density at radius 3 is 2.21 bits per heavy atom. The number of nitrogens with two attached hydrogens (primary N) is 3. The molecule has 14 nitrogen and oxygen atoms in total. The number of carbonyl (C=O) groups excluding carboxylic acids is 2. The van der Waals surface area contributed by atoms with E-state index in [0.717, 1.165) is 0 Å². The van der Waals surface area contributed by atoms with Gasteiger partial charge in [-0.15, -0.1) is 0 Å². The maximum absolute atomic E-state index is 13.5. The number of hydrogen-bond donors (Lipinski definition) is 7. The van der Waals surface area contributed by atoms with Crippen LogP contribution in [0.4, 0.5) is 0 Å². The number of aliphatic carboxylic acids is 2. The van der Waals surface area contributed by atoms with Crippen LogP contribution in [0.1, 0.15) is 59.3 Å². The minimum absolute atomic E-state index is 0.112. The molecule has 2 heterocycles. The van der Waals surface area contributed by atoms with Gasteiger partial charge in [0.1, 0.15) is 19.2 Å². The number of nitrogens with one attached hydrogen (secondary N) is 2. The van der Waals surface area contributed by atoms with Crippen molar-refractivity contribution < 1.29 is 34.0 Å². The molecule has 0 aliphatic carbocycles. The number of carboxylic acids is 2. The van der Waals surface area contributed by atoms with Gasteiger partial charge in [-0.2, -0.15) is 0 Å². The van der Waals surface area contributed by atoms with Crippen LogP contribution in [-0.4, -0.2) is 105 Å². The van der Waals surface area contributed by atoms with E-state index in [1.807, 2.05) is 0 Å². The Morgan fingerprint density at radius 2 is 1.74 bits per heavy atom. The lowest BCUT2D eigenvalue weighted by Crippen LogP contribution is -2.59. The highest BCUT2D eigenvalue weighted by Gasteiger charge is 2.61. The molecule has 0 bridgehead atoms. The first-order valence-electron chi connectivity index (χ1n) is 13.0. The molecule has 2 fully saturated rings. The summed E-state index contributed by atoms with van der Waals surface area (Å²) in [6, 6.07) is -2.25. The van der Waals surface area contributed by atoms with Crippen LogP contribution in [0, 0.1) is 5.41 Å². The summed E-state index contributed by atoms with van der Waals surface area (Å²) in [4.78, 5) is 50.9. The van der Waals surface area contributed by atoms with Gasteiger partial charge in [-0.05, 0) is 45.4 Å². The van der Waals surface area contributed by atoms with Crippen molar-refractivity contribution >= 4 is 36.9 Å². The summed E-state index contributed by atoms with van der Waals surface area (Å²) in [5.41, 5.74) is 15.9. The topological polar surface area (TPSA) is 246 Å². The zero-order valence-electron chi connectivity index (χ0n) is 22.5. The molecule has 0 saturated carbocycles. The maximum Gasteiger partial charge on any atom is 0.337 e. The molecular weight excluding hydrogens is 517 g/mol. The predicted molar refractivity (Wildman–Crippen MR) is 143 cm³/mol. The van der Waals surface area contributed by atoms with E-state index in [1.54, 1.807) is 20.8 Å². The second-order valence-corrected chi connectivity index (χ2v) is 13.4. The van der Waals surface area contributed by atoms with Crippen LogP contribution in [0.3, 0.4) is 0 Å². The van der Waals surface area contributed by atoms with E-state index in [2.05, 4.69) is 5.32 Å². The van der Waals surface area contributed by atoms with Crippen molar-refractivity contribution in [2.45, 2.75) is 82.7 Å². The molecule has 0 radical (unpaired) electrons. The predicted octanol–water partition coefficient (Wildman–Crippen LogP) is -0.208. The van der Waals surface area contributed by atoms with Crippen molar-refractivity contribution in [1.29, 1.82) is 5.41 Å². The first-order valence-corrected chi connectivity index (χ1v) is 15.0. The highest BCUT2D eigenvalue weighted by Crippen LogP contribution is 2.63. The van der Waals surface area contributed by atoms with E-state index in [9.17, 15) is 28.8 Å². The third-order valence-electron chi connectivity index (χ3n) is 7.19. The van der Waals surface area contributed by atoms with Crippen LogP contribution in [0.5, 0.6) is 0 Å². The molecule has 2 aliphatic heterocycles. The number of carboxylic acid groups (broad SMARTS) is 2. The lowest BCUT2D eigenvalue weighted by Gasteiger charge is -2.42. The zero-order valence-corrected chi connectivity index (χ0v) is 23.4. The van der Waals surface area contributed by atoms with Gasteiger partial charge in [0.2, 0.25) is 11.8 Å². The van der Waals surface area contributed by atoms with E-state index < -0.39 is 48.4 Å². The fourth-order valence-corrected chi connectivity index (χ4v) is 8.11. The Hall–Kier alpha value is -2.70. The smallest absolute Gasteiger partial charge is 0.337 e. The van der Waals surface area contributed by atoms with Crippen molar-refractivity contribution in [2.75, 3.05) is 32.0 Å². The molecule has 0 spiro atoms. The second kappa shape index (κ2) is 14.5. The van der Waals surface area contributed by atoms with E-state index in [1.165, 1.54) is 9.80 Å². The SMILES string of the molecule is CCP(=O)(CC)[C@@]1(C(=O)O)CCCN1C(=O)[C@@H]1CCCN1C(=O)[C@H](C)N.N=C(N)NCCC[C@H](N)C(=O)O. The van der Waals surface area contributed by atoms with Gasteiger partial charge < -0.3 is 47.1 Å². The number of hydrogen-bond acceptors (Lipinski definition) is 8. The first-order chi connectivity index (χ1) is 17.7. The molecule has 38 heavy (non-hydrogen) atoms. The van der Waals surface area contributed by atoms with E-state index in [-0.39, 0.29) is 37.2 Å². The van der Waals surface area contributed by atoms with E-state index in [0.29, 0.717) is 45.2 Å². The van der Waals surface area contributed by atoms with E-state index in [4.69, 9.17) is 27.7 Å². The summed E-state index contributed by atoms with van der Waals surface area (Å²) in [5.74, 6) is -3.02. The van der Waals surface area contributed by atoms with Gasteiger partial charge in [0.25, 0.3) is 0 Å². The molecule has 2 amide bonds. The molecule has 4 atom stereocenters. The highest BCUT2D eigenvalue weighted by atomic mass is 31.2. The summed E-state index contributed by atoms with van der Waals surface area (Å²) >= 11 is 0. The molecule has 2 saturated heterocycles. The molecule has 15 heteroatoms. The van der Waals surface area contributed by atoms with Gasteiger partial charge in [0.05, 0.1) is 6.04 Å². The number of guanidine groups is 1. The Bertz CT molecular complexity index is 924. The minimum Gasteiger partial charge on any atom is -0.480 e. The quantitative estimate of drug-likeness (QED) is 0.0752. The normalized spacial score (nSPS) is 22.7. The standard InChI is InChI=1S/C17H30N3O5P.C6H14N4O2/c1-4-26(25,5-2)17(16(23)24)9-7-11-20(17)15(22)13-8-6-10-19(13)14(21)12(3)18;7-4(5(11)12)2-1-3-10-6(8)9/h12-13H,4-11,18H2,1-3H3,(H,23,24);4H,1-3,7H2,(H,11,12)(H4,8,9,10)/t12-,13-,17+;4-/m00/s1. The monoisotopic (exact) mass is 561 g/mol. The molecule has 2 aliphatic rings. The largest absolute Gasteiger partial charge is 0.480 e. The lowest BCUT2D eigenvalue weighted by atomic mass is 10.1. The molecule has 10 N–H and O–H groups in total. The van der Waals surface area contributed by atoms with Crippen LogP contribution in [0.25, 0.3) is 0 Å². The molecule has 0 aromatic heterocycles. The van der Waals surface area contributed by atoms with Crippen molar-refractivity contribution in [2.24, 2.45) is 17.2 Å². The third kappa shape index (κ3) is 7.45. The van der Waals surface area contributed by atoms with Crippen LogP contribution >= 0.6 is 7.14 Å². The summed E-state index contributed by atoms with van der Waals surface area (Å²) < 4.78 is 13.5. The number of carbonyl (C=O) groups is 4. The van der Waals surface area contributed by atoms with Crippen molar-refractivity contribution in [3.05, 3.63) is 0 Å². The van der Waals surface area contributed by atoms with Crippen LogP contribution in [0.2, 0.25) is 0 Å². The summed E-state index contributed by atoms with van der Waals surface area (Å²) in [6.07, 6.45) is 3.27. The molecular formula is C23H44N7O7P. The molecule has 218 valence electrons. The number of rotatable bonds is 11. The Kier molecular flexibility index (Phi) is 12.7. The van der Waals surface area contributed by atoms with Gasteiger partial charge in [0.15, 0.2) is 11.2 Å². The van der Waals surface area contributed by atoms with Crippen molar-refractivity contribution in [3.63, 3.8) is 0 Å². The van der Waals surface area contributed by atoms with Gasteiger partial charge in [-0.25, -0.2) is 4.79 Å². The molecule has 0 aromatic rings. The zero-order chi connectivity index (χ0) is 29.3. The second-order valence-electron chi connectivity index (χ2n) is 9.64. The summed E-state index contributed by atoms with van der Waals surface area (Å²) in [5, 5.41) is 26.1. The average molecular weight is 562 g/mol. The summed E-state index contributed by atoms with van der Waals surface area (Å²) in [6.45, 7) is 6.18. The number of amides is 2. The van der Waals surface area contributed by atoms with Gasteiger partial charge >= 0.3 is 11.9 Å². The number of nitrogens with zero attached hydrogens (tertiary/aromatic N) is 2. The number of likely N-dealkylation sites (tertiary alicyclic amines) is 2. The Labute approximate surface area is 223 Å². The van der Waals surface area contributed by atoms with E-state index >= 15 is 0 Å². The molecule has 0 unspecified atom stereocenters. The van der Waals surface area contributed by atoms with Crippen LogP contribution in [-0.2, 0) is 23.7 Å². The third-order valence-corrected chi connectivity index (χ3v) is 11.2.